The molecule has 0 atom stereocenters. The van der Waals surface area contributed by atoms with Gasteiger partial charge in [0.1, 0.15) is 0 Å². The third-order valence-corrected chi connectivity index (χ3v) is 0.985. The fourth-order valence-electron chi connectivity index (χ4n) is 0.415. The molecule has 0 saturated carbocycles. The SMILES string of the molecule is Clc1ccccc1.[Pb]. The smallest absolute Gasteiger partial charge is 0.0405 e. The quantitative estimate of drug-likeness (QED) is 0.641. The summed E-state index contributed by atoms with van der Waals surface area (Å²) in [6, 6.07) is 9.44. The van der Waals surface area contributed by atoms with Crippen LogP contribution in [0.15, 0.2) is 30.3 Å². The van der Waals surface area contributed by atoms with E-state index in [1.54, 1.807) is 0 Å². The summed E-state index contributed by atoms with van der Waals surface area (Å²) in [5.74, 6) is 0. The van der Waals surface area contributed by atoms with Gasteiger partial charge in [-0.1, -0.05) is 29.8 Å². The molecule has 0 bridgehead atoms. The van der Waals surface area contributed by atoms with E-state index in [0.29, 0.717) is 0 Å². The minimum atomic E-state index is 0. The number of hydrogen-bond acceptors (Lipinski definition) is 0. The maximum atomic E-state index is 5.54. The molecule has 0 saturated heterocycles. The second-order valence-electron chi connectivity index (χ2n) is 1.30. The van der Waals surface area contributed by atoms with Crippen LogP contribution >= 0.6 is 11.6 Å². The van der Waals surface area contributed by atoms with E-state index in [0.717, 1.165) is 5.02 Å². The Morgan fingerprint density at radius 1 is 1.00 bits per heavy atom. The Morgan fingerprint density at radius 3 is 1.75 bits per heavy atom. The van der Waals surface area contributed by atoms with Crippen LogP contribution in [0.2, 0.25) is 5.02 Å². The van der Waals surface area contributed by atoms with Gasteiger partial charge >= 0.3 is 0 Å². The maximum Gasteiger partial charge on any atom is 0.0405 e. The van der Waals surface area contributed by atoms with Gasteiger partial charge in [-0.2, -0.15) is 0 Å². The number of hydrogen-bond donors (Lipinski definition) is 0. The first-order valence-corrected chi connectivity index (χ1v) is 2.48. The van der Waals surface area contributed by atoms with Gasteiger partial charge in [0, 0.05) is 32.3 Å². The molecule has 0 amide bonds. The van der Waals surface area contributed by atoms with E-state index in [-0.39, 0.29) is 27.3 Å². The van der Waals surface area contributed by atoms with E-state index < -0.39 is 0 Å². The Hall–Kier alpha value is 0.432. The zero-order chi connectivity index (χ0) is 5.11. The van der Waals surface area contributed by atoms with Crippen molar-refractivity contribution < 1.29 is 0 Å². The molecule has 1 aromatic rings. The average molecular weight is 320 g/mol. The fourth-order valence-corrected chi connectivity index (χ4v) is 0.560. The van der Waals surface area contributed by atoms with E-state index >= 15 is 0 Å². The van der Waals surface area contributed by atoms with Crippen molar-refractivity contribution in [2.24, 2.45) is 0 Å². The molecule has 8 heavy (non-hydrogen) atoms. The van der Waals surface area contributed by atoms with Crippen molar-refractivity contribution in [2.75, 3.05) is 0 Å². The third kappa shape index (κ3) is 2.67. The summed E-state index contributed by atoms with van der Waals surface area (Å²) in [6.07, 6.45) is 0. The summed E-state index contributed by atoms with van der Waals surface area (Å²) in [5.41, 5.74) is 0. The third-order valence-electron chi connectivity index (χ3n) is 0.733. The van der Waals surface area contributed by atoms with Crippen molar-refractivity contribution in [3.63, 3.8) is 0 Å². The van der Waals surface area contributed by atoms with Crippen molar-refractivity contribution in [1.29, 1.82) is 0 Å². The Kier molecular flexibility index (Phi) is 4.56. The topological polar surface area (TPSA) is 0 Å². The van der Waals surface area contributed by atoms with Crippen LogP contribution in [0.4, 0.5) is 0 Å². The van der Waals surface area contributed by atoms with E-state index in [9.17, 15) is 0 Å². The molecule has 4 radical (unpaired) electrons. The molecule has 0 aliphatic rings. The molecule has 2 heteroatoms. The largest absolute Gasteiger partial charge is 0.0843 e. The summed E-state index contributed by atoms with van der Waals surface area (Å²) in [5, 5.41) is 0.794. The average Bonchev–Trinajstić information content (AvgIpc) is 1.69. The molecule has 0 fully saturated rings. The van der Waals surface area contributed by atoms with Crippen LogP contribution in [0.1, 0.15) is 0 Å². The first-order valence-electron chi connectivity index (χ1n) is 2.10. The Morgan fingerprint density at radius 2 is 1.50 bits per heavy atom. The molecular weight excluding hydrogens is 315 g/mol. The van der Waals surface area contributed by atoms with Crippen molar-refractivity contribution in [1.82, 2.24) is 0 Å². The predicted molar refractivity (Wildman–Crippen MR) is 37.2 cm³/mol. The zero-order valence-electron chi connectivity index (χ0n) is 4.26. The first kappa shape index (κ1) is 8.43. The summed E-state index contributed by atoms with van der Waals surface area (Å²) < 4.78 is 0. The van der Waals surface area contributed by atoms with Gasteiger partial charge in [-0.15, -0.1) is 0 Å². The van der Waals surface area contributed by atoms with E-state index in [2.05, 4.69) is 0 Å². The summed E-state index contributed by atoms with van der Waals surface area (Å²) >= 11 is 5.54. The van der Waals surface area contributed by atoms with Crippen LogP contribution in [0.3, 0.4) is 0 Å². The van der Waals surface area contributed by atoms with Crippen LogP contribution < -0.4 is 0 Å². The summed E-state index contributed by atoms with van der Waals surface area (Å²) in [7, 11) is 0. The van der Waals surface area contributed by atoms with Gasteiger partial charge in [-0.05, 0) is 12.1 Å². The van der Waals surface area contributed by atoms with Gasteiger partial charge in [0.2, 0.25) is 0 Å². The molecule has 1 rings (SSSR count). The van der Waals surface area contributed by atoms with Gasteiger partial charge in [-0.25, -0.2) is 0 Å². The van der Waals surface area contributed by atoms with Crippen LogP contribution in [0.25, 0.3) is 0 Å². The Balaban J connectivity index is 0.000000490. The molecular formula is C6H5ClPb. The molecule has 0 aliphatic carbocycles. The summed E-state index contributed by atoms with van der Waals surface area (Å²) in [4.78, 5) is 0. The normalized spacial score (nSPS) is 7.62. The molecule has 0 aliphatic heterocycles. The van der Waals surface area contributed by atoms with Crippen molar-refractivity contribution in [3.8, 4) is 0 Å². The zero-order valence-corrected chi connectivity index (χ0v) is 8.91. The van der Waals surface area contributed by atoms with Crippen LogP contribution in [0.5, 0.6) is 0 Å². The van der Waals surface area contributed by atoms with Crippen LogP contribution in [-0.4, -0.2) is 27.3 Å². The molecule has 0 heterocycles. The van der Waals surface area contributed by atoms with E-state index in [1.165, 1.54) is 0 Å². The molecule has 0 unspecified atom stereocenters. The van der Waals surface area contributed by atoms with Gasteiger partial charge in [0.05, 0.1) is 0 Å². The molecule has 1 aromatic carbocycles. The van der Waals surface area contributed by atoms with Crippen molar-refractivity contribution >= 4 is 38.9 Å². The van der Waals surface area contributed by atoms with E-state index in [1.807, 2.05) is 30.3 Å². The molecule has 0 nitrogen and oxygen atoms in total. The van der Waals surface area contributed by atoms with Gasteiger partial charge in [0.15, 0.2) is 0 Å². The minimum absolute atomic E-state index is 0. The standard InChI is InChI=1S/C6H5Cl.Pb/c7-6-4-2-1-3-5-6;/h1-5H;. The molecule has 0 aromatic heterocycles. The number of benzene rings is 1. The second-order valence-corrected chi connectivity index (χ2v) is 1.73. The van der Waals surface area contributed by atoms with Crippen LogP contribution in [0, 0.1) is 0 Å². The molecule has 0 N–H and O–H groups in total. The first-order chi connectivity index (χ1) is 3.39. The second kappa shape index (κ2) is 4.32. The van der Waals surface area contributed by atoms with E-state index in [4.69, 9.17) is 11.6 Å². The summed E-state index contributed by atoms with van der Waals surface area (Å²) in [6.45, 7) is 0. The fraction of sp³-hybridized carbons (Fsp3) is 0. The molecule has 0 spiro atoms. The van der Waals surface area contributed by atoms with Crippen molar-refractivity contribution in [2.45, 2.75) is 0 Å². The van der Waals surface area contributed by atoms with Crippen LogP contribution in [-0.2, 0) is 0 Å². The Bertz CT molecular complexity index is 138. The maximum absolute atomic E-state index is 5.54. The number of rotatable bonds is 0. The monoisotopic (exact) mass is 320 g/mol. The molecule has 40 valence electrons. The Labute approximate surface area is 74.0 Å². The predicted octanol–water partition coefficient (Wildman–Crippen LogP) is 1.96. The number of halogens is 1. The van der Waals surface area contributed by atoms with Gasteiger partial charge < -0.3 is 0 Å². The minimum Gasteiger partial charge on any atom is -0.0843 e. The van der Waals surface area contributed by atoms with Crippen molar-refractivity contribution in [3.05, 3.63) is 35.4 Å². The van der Waals surface area contributed by atoms with Gasteiger partial charge in [0.25, 0.3) is 0 Å². The van der Waals surface area contributed by atoms with Gasteiger partial charge in [-0.3, -0.25) is 0 Å².